The SMILES string of the molecule is Cc1cc(Oc2cccc(F)c2C(=O)O)cc(C)c1Br. The smallest absolute Gasteiger partial charge is 0.342 e. The van der Waals surface area contributed by atoms with Gasteiger partial charge < -0.3 is 9.84 Å². The van der Waals surface area contributed by atoms with Crippen LogP contribution in [0, 0.1) is 19.7 Å². The second kappa shape index (κ2) is 5.63. The number of aromatic carboxylic acids is 1. The molecule has 5 heteroatoms. The van der Waals surface area contributed by atoms with Crippen LogP contribution in [0.25, 0.3) is 0 Å². The number of rotatable bonds is 3. The van der Waals surface area contributed by atoms with E-state index in [-0.39, 0.29) is 5.75 Å². The van der Waals surface area contributed by atoms with Crippen molar-refractivity contribution >= 4 is 21.9 Å². The molecule has 0 aromatic heterocycles. The number of ether oxygens (including phenoxy) is 1. The molecule has 3 nitrogen and oxygen atoms in total. The Balaban J connectivity index is 2.45. The highest BCUT2D eigenvalue weighted by molar-refractivity contribution is 9.10. The van der Waals surface area contributed by atoms with E-state index in [2.05, 4.69) is 15.9 Å². The van der Waals surface area contributed by atoms with E-state index in [1.807, 2.05) is 13.8 Å². The Morgan fingerprint density at radius 2 is 1.85 bits per heavy atom. The number of carbonyl (C=O) groups is 1. The number of hydrogen-bond acceptors (Lipinski definition) is 2. The third-order valence-electron chi connectivity index (χ3n) is 2.83. The highest BCUT2D eigenvalue weighted by Gasteiger charge is 2.17. The average Bonchev–Trinajstić information content (AvgIpc) is 2.35. The van der Waals surface area contributed by atoms with E-state index < -0.39 is 17.3 Å². The molecule has 104 valence electrons. The Morgan fingerprint density at radius 3 is 2.40 bits per heavy atom. The highest BCUT2D eigenvalue weighted by atomic mass is 79.9. The predicted molar refractivity (Wildman–Crippen MR) is 77.0 cm³/mol. The molecule has 20 heavy (non-hydrogen) atoms. The quantitative estimate of drug-likeness (QED) is 0.882. The topological polar surface area (TPSA) is 46.5 Å². The standard InChI is InChI=1S/C15H12BrFO3/c1-8-6-10(7-9(2)14(8)16)20-12-5-3-4-11(17)13(12)15(18)19/h3-7H,1-2H3,(H,18,19). The molecular weight excluding hydrogens is 327 g/mol. The molecule has 0 fully saturated rings. The van der Waals surface area contributed by atoms with E-state index in [1.165, 1.54) is 12.1 Å². The average molecular weight is 339 g/mol. The van der Waals surface area contributed by atoms with E-state index in [0.29, 0.717) is 5.75 Å². The van der Waals surface area contributed by atoms with Crippen molar-refractivity contribution in [1.29, 1.82) is 0 Å². The second-order valence-electron chi connectivity index (χ2n) is 4.39. The zero-order valence-corrected chi connectivity index (χ0v) is 12.5. The second-order valence-corrected chi connectivity index (χ2v) is 5.18. The van der Waals surface area contributed by atoms with Crippen LogP contribution >= 0.6 is 15.9 Å². The Labute approximate surface area is 124 Å². The predicted octanol–water partition coefficient (Wildman–Crippen LogP) is 4.70. The monoisotopic (exact) mass is 338 g/mol. The van der Waals surface area contributed by atoms with Crippen LogP contribution < -0.4 is 4.74 Å². The summed E-state index contributed by atoms with van der Waals surface area (Å²) in [5.74, 6) is -1.72. The largest absolute Gasteiger partial charge is 0.477 e. The van der Waals surface area contributed by atoms with Crippen molar-refractivity contribution in [3.05, 3.63) is 57.3 Å². The van der Waals surface area contributed by atoms with Gasteiger partial charge in [-0.1, -0.05) is 22.0 Å². The molecular formula is C15H12BrFO3. The van der Waals surface area contributed by atoms with Crippen molar-refractivity contribution in [3.8, 4) is 11.5 Å². The van der Waals surface area contributed by atoms with Crippen LogP contribution in [0.4, 0.5) is 4.39 Å². The Kier molecular flexibility index (Phi) is 4.09. The number of benzene rings is 2. The molecule has 0 atom stereocenters. The molecule has 2 aromatic rings. The Hall–Kier alpha value is -1.88. The van der Waals surface area contributed by atoms with Crippen LogP contribution in [0.2, 0.25) is 0 Å². The summed E-state index contributed by atoms with van der Waals surface area (Å²) in [4.78, 5) is 11.1. The lowest BCUT2D eigenvalue weighted by atomic mass is 10.1. The number of carboxylic acids is 1. The van der Waals surface area contributed by atoms with Crippen LogP contribution in [0.1, 0.15) is 21.5 Å². The fraction of sp³-hybridized carbons (Fsp3) is 0.133. The van der Waals surface area contributed by atoms with Gasteiger partial charge >= 0.3 is 5.97 Å². The van der Waals surface area contributed by atoms with Gasteiger partial charge in [-0.2, -0.15) is 0 Å². The molecule has 2 aromatic carbocycles. The lowest BCUT2D eigenvalue weighted by Gasteiger charge is -2.12. The lowest BCUT2D eigenvalue weighted by Crippen LogP contribution is -2.03. The third kappa shape index (κ3) is 2.82. The number of aryl methyl sites for hydroxylation is 2. The maximum Gasteiger partial charge on any atom is 0.342 e. The molecule has 0 aliphatic rings. The van der Waals surface area contributed by atoms with Crippen molar-refractivity contribution in [1.82, 2.24) is 0 Å². The summed E-state index contributed by atoms with van der Waals surface area (Å²) < 4.78 is 20.0. The highest BCUT2D eigenvalue weighted by Crippen LogP contribution is 2.31. The molecule has 0 radical (unpaired) electrons. The number of halogens is 2. The van der Waals surface area contributed by atoms with Gasteiger partial charge in [0.05, 0.1) is 0 Å². The van der Waals surface area contributed by atoms with Gasteiger partial charge in [-0.05, 0) is 49.2 Å². The molecule has 0 spiro atoms. The van der Waals surface area contributed by atoms with E-state index in [1.54, 1.807) is 12.1 Å². The van der Waals surface area contributed by atoms with Crippen LogP contribution in [-0.4, -0.2) is 11.1 Å². The van der Waals surface area contributed by atoms with Gasteiger partial charge in [0.15, 0.2) is 0 Å². The minimum Gasteiger partial charge on any atom is -0.477 e. The maximum absolute atomic E-state index is 13.6. The van der Waals surface area contributed by atoms with Crippen molar-refractivity contribution in [2.45, 2.75) is 13.8 Å². The van der Waals surface area contributed by atoms with Crippen molar-refractivity contribution in [2.24, 2.45) is 0 Å². The summed E-state index contributed by atoms with van der Waals surface area (Å²) in [6.45, 7) is 3.79. The van der Waals surface area contributed by atoms with Gasteiger partial charge in [0, 0.05) is 4.47 Å². The summed E-state index contributed by atoms with van der Waals surface area (Å²) in [7, 11) is 0. The molecule has 0 bridgehead atoms. The molecule has 2 rings (SSSR count). The van der Waals surface area contributed by atoms with Gasteiger partial charge in [-0.15, -0.1) is 0 Å². The molecule has 0 saturated carbocycles. The van der Waals surface area contributed by atoms with Crippen LogP contribution in [0.15, 0.2) is 34.8 Å². The van der Waals surface area contributed by atoms with Gasteiger partial charge in [0.25, 0.3) is 0 Å². The molecule has 1 N–H and O–H groups in total. The van der Waals surface area contributed by atoms with Gasteiger partial charge in [-0.3, -0.25) is 0 Å². The van der Waals surface area contributed by atoms with E-state index in [9.17, 15) is 9.18 Å². The van der Waals surface area contributed by atoms with Crippen LogP contribution in [0.3, 0.4) is 0 Å². The zero-order valence-electron chi connectivity index (χ0n) is 10.9. The number of hydrogen-bond donors (Lipinski definition) is 1. The fourth-order valence-corrected chi connectivity index (χ4v) is 2.12. The van der Waals surface area contributed by atoms with Gasteiger partial charge in [-0.25, -0.2) is 9.18 Å². The van der Waals surface area contributed by atoms with Crippen LogP contribution in [-0.2, 0) is 0 Å². The first-order valence-corrected chi connectivity index (χ1v) is 6.66. The normalized spacial score (nSPS) is 10.4. The first-order valence-electron chi connectivity index (χ1n) is 5.86. The van der Waals surface area contributed by atoms with E-state index >= 15 is 0 Å². The maximum atomic E-state index is 13.6. The third-order valence-corrected chi connectivity index (χ3v) is 4.08. The van der Waals surface area contributed by atoms with Crippen molar-refractivity contribution < 1.29 is 19.0 Å². The minimum absolute atomic E-state index is 0.0152. The first-order chi connectivity index (χ1) is 9.40. The van der Waals surface area contributed by atoms with Gasteiger partial charge in [0.2, 0.25) is 0 Å². The summed E-state index contributed by atoms with van der Waals surface area (Å²) >= 11 is 3.44. The Morgan fingerprint density at radius 1 is 1.25 bits per heavy atom. The molecule has 0 unspecified atom stereocenters. The number of carboxylic acid groups (broad SMARTS) is 1. The van der Waals surface area contributed by atoms with Gasteiger partial charge in [0.1, 0.15) is 22.9 Å². The minimum atomic E-state index is -1.36. The lowest BCUT2D eigenvalue weighted by molar-refractivity contribution is 0.0689. The van der Waals surface area contributed by atoms with Crippen molar-refractivity contribution in [3.63, 3.8) is 0 Å². The summed E-state index contributed by atoms with van der Waals surface area (Å²) in [6, 6.07) is 7.45. The molecule has 0 aliphatic carbocycles. The summed E-state index contributed by atoms with van der Waals surface area (Å²) in [6.07, 6.45) is 0. The summed E-state index contributed by atoms with van der Waals surface area (Å²) in [5.41, 5.74) is 1.44. The molecule has 0 saturated heterocycles. The molecule has 0 aliphatic heterocycles. The Bertz CT molecular complexity index is 660. The van der Waals surface area contributed by atoms with Crippen LogP contribution in [0.5, 0.6) is 11.5 Å². The fourth-order valence-electron chi connectivity index (χ4n) is 1.89. The molecule has 0 amide bonds. The van der Waals surface area contributed by atoms with E-state index in [4.69, 9.17) is 9.84 Å². The van der Waals surface area contributed by atoms with E-state index in [0.717, 1.165) is 21.7 Å². The molecule has 0 heterocycles. The first kappa shape index (κ1) is 14.5. The van der Waals surface area contributed by atoms with Crippen molar-refractivity contribution in [2.75, 3.05) is 0 Å². The summed E-state index contributed by atoms with van der Waals surface area (Å²) in [5, 5.41) is 9.05. The zero-order chi connectivity index (χ0) is 14.9.